The third-order valence-electron chi connectivity index (χ3n) is 3.38. The zero-order chi connectivity index (χ0) is 15.7. The Kier molecular flexibility index (Phi) is 4.62. The highest BCUT2D eigenvalue weighted by molar-refractivity contribution is 7.32. The fourth-order valence-electron chi connectivity index (χ4n) is 2.55. The van der Waals surface area contributed by atoms with Crippen molar-refractivity contribution in [3.63, 3.8) is 0 Å². The molecule has 2 rings (SSSR count). The van der Waals surface area contributed by atoms with Gasteiger partial charge < -0.3 is 4.98 Å². The van der Waals surface area contributed by atoms with Crippen molar-refractivity contribution in [2.45, 2.75) is 40.2 Å². The quantitative estimate of drug-likeness (QED) is 0.675. The first-order valence-electron chi connectivity index (χ1n) is 7.33. The van der Waals surface area contributed by atoms with E-state index >= 15 is 0 Å². The molecule has 0 unspecified atom stereocenters. The van der Waals surface area contributed by atoms with Gasteiger partial charge in [0.05, 0.1) is 0 Å². The van der Waals surface area contributed by atoms with Crippen LogP contribution in [0.2, 0.25) is 0 Å². The van der Waals surface area contributed by atoms with Gasteiger partial charge in [0.15, 0.2) is 0 Å². The Morgan fingerprint density at radius 3 is 1.62 bits per heavy atom. The van der Waals surface area contributed by atoms with Crippen LogP contribution in [-0.4, -0.2) is 13.1 Å². The van der Waals surface area contributed by atoms with Crippen LogP contribution in [0.25, 0.3) is 0 Å². The lowest BCUT2D eigenvalue weighted by atomic mass is 10.1. The molecule has 0 aliphatic rings. The van der Waals surface area contributed by atoms with Gasteiger partial charge in [-0.05, 0) is 45.0 Å². The molecule has 1 nitrogen and oxygen atoms in total. The fraction of sp³-hybridized carbons (Fsp3) is 0.333. The molecule has 0 aliphatic carbocycles. The molecule has 0 saturated heterocycles. The molecule has 0 amide bonds. The van der Waals surface area contributed by atoms with Crippen molar-refractivity contribution in [2.24, 2.45) is 0 Å². The molecule has 2 aromatic carbocycles. The minimum absolute atomic E-state index is 0.0402. The van der Waals surface area contributed by atoms with Crippen molar-refractivity contribution >= 4 is 29.0 Å². The summed E-state index contributed by atoms with van der Waals surface area (Å²) in [5, 5.41) is 2.43. The van der Waals surface area contributed by atoms with E-state index < -0.39 is 7.55 Å². The first kappa shape index (κ1) is 16.3. The van der Waals surface area contributed by atoms with Gasteiger partial charge in [0.25, 0.3) is 7.55 Å². The van der Waals surface area contributed by atoms with Gasteiger partial charge in [-0.1, -0.05) is 59.7 Å². The van der Waals surface area contributed by atoms with Gasteiger partial charge in [-0.3, -0.25) is 0 Å². The summed E-state index contributed by atoms with van der Waals surface area (Å²) in [6.45, 7) is 10.7. The molecule has 0 spiro atoms. The number of aryl methyl sites for hydroxylation is 2. The van der Waals surface area contributed by atoms with E-state index in [9.17, 15) is 0 Å². The summed E-state index contributed by atoms with van der Waals surface area (Å²) in [6, 6.07) is 17.1. The van der Waals surface area contributed by atoms with Crippen LogP contribution >= 0.6 is 11.1 Å². The third-order valence-corrected chi connectivity index (χ3v) is 8.28. The average molecular weight is 318 g/mol. The normalized spacial score (nSPS) is 12.5. The Balaban J connectivity index is 2.59. The molecule has 1 N–H and O–H groups in total. The van der Waals surface area contributed by atoms with Crippen molar-refractivity contribution in [3.8, 4) is 0 Å². The summed E-state index contributed by atoms with van der Waals surface area (Å²) in [4.78, 5) is 3.72. The van der Waals surface area contributed by atoms with E-state index in [1.54, 1.807) is 0 Å². The molecule has 112 valence electrons. The molecule has 0 aliphatic heterocycles. The van der Waals surface area contributed by atoms with Gasteiger partial charge in [0.2, 0.25) is 0 Å². The summed E-state index contributed by atoms with van der Waals surface area (Å²) >= 11 is 7.25. The molecule has 0 bridgehead atoms. The lowest BCUT2D eigenvalue weighted by molar-refractivity contribution is 0.520. The largest absolute Gasteiger partial charge is 0.314 e. The summed E-state index contributed by atoms with van der Waals surface area (Å²) in [7, 11) is -2.48. The van der Waals surface area contributed by atoms with E-state index in [2.05, 4.69) is 88.1 Å². The van der Waals surface area contributed by atoms with E-state index in [-0.39, 0.29) is 5.54 Å². The minimum atomic E-state index is -2.48. The molecule has 0 saturated carbocycles. The van der Waals surface area contributed by atoms with Gasteiger partial charge in [-0.25, -0.2) is 0 Å². The van der Waals surface area contributed by atoms with Crippen LogP contribution in [0.1, 0.15) is 31.9 Å². The molecular formula is C18H24ClNSi. The number of benzene rings is 2. The molecule has 0 radical (unpaired) electrons. The van der Waals surface area contributed by atoms with Crippen LogP contribution in [0.4, 0.5) is 0 Å². The minimum Gasteiger partial charge on any atom is -0.314 e. The van der Waals surface area contributed by atoms with E-state index in [1.165, 1.54) is 21.5 Å². The van der Waals surface area contributed by atoms with Crippen molar-refractivity contribution in [1.29, 1.82) is 0 Å². The highest BCUT2D eigenvalue weighted by atomic mass is 35.6. The van der Waals surface area contributed by atoms with Crippen LogP contribution in [0.3, 0.4) is 0 Å². The van der Waals surface area contributed by atoms with Gasteiger partial charge >= 0.3 is 0 Å². The summed E-state index contributed by atoms with van der Waals surface area (Å²) < 4.78 is 0. The highest BCUT2D eigenvalue weighted by Gasteiger charge is 2.39. The van der Waals surface area contributed by atoms with Gasteiger partial charge in [-0.2, -0.15) is 0 Å². The maximum atomic E-state index is 7.25. The van der Waals surface area contributed by atoms with Crippen molar-refractivity contribution in [1.82, 2.24) is 4.98 Å². The lowest BCUT2D eigenvalue weighted by Gasteiger charge is -2.34. The standard InChI is InChI=1S/C18H24ClNSi/c1-14-8-6-10-16(12-14)21(19,20-18(3,4)5)17-11-7-9-15(2)13-17/h6-13,20H,1-5H3. The Hall–Kier alpha value is -1.09. The smallest absolute Gasteiger partial charge is 0.289 e. The maximum Gasteiger partial charge on any atom is 0.289 e. The molecule has 0 heterocycles. The molecule has 2 aromatic rings. The average Bonchev–Trinajstić information content (AvgIpc) is 2.36. The molecule has 0 aromatic heterocycles. The molecule has 21 heavy (non-hydrogen) atoms. The fourth-order valence-corrected chi connectivity index (χ4v) is 7.26. The second-order valence-electron chi connectivity index (χ2n) is 6.77. The zero-order valence-corrected chi connectivity index (χ0v) is 15.3. The lowest BCUT2D eigenvalue weighted by Crippen LogP contribution is -2.69. The highest BCUT2D eigenvalue weighted by Crippen LogP contribution is 2.14. The summed E-state index contributed by atoms with van der Waals surface area (Å²) in [6.07, 6.45) is 0. The van der Waals surface area contributed by atoms with Crippen molar-refractivity contribution < 1.29 is 0 Å². The summed E-state index contributed by atoms with van der Waals surface area (Å²) in [5.74, 6) is 0. The Morgan fingerprint density at radius 2 is 1.29 bits per heavy atom. The van der Waals surface area contributed by atoms with E-state index in [4.69, 9.17) is 11.1 Å². The van der Waals surface area contributed by atoms with E-state index in [0.717, 1.165) is 0 Å². The first-order valence-corrected chi connectivity index (χ1v) is 10.3. The SMILES string of the molecule is Cc1cccc([Si](Cl)(NC(C)(C)C)c2cccc(C)c2)c1. The Bertz CT molecular complexity index is 586. The maximum absolute atomic E-state index is 7.25. The summed E-state index contributed by atoms with van der Waals surface area (Å²) in [5.41, 5.74) is 2.45. The molecular weight excluding hydrogens is 294 g/mol. The number of hydrogen-bond acceptors (Lipinski definition) is 1. The van der Waals surface area contributed by atoms with Gasteiger partial charge in [-0.15, -0.1) is 11.1 Å². The predicted molar refractivity (Wildman–Crippen MR) is 96.1 cm³/mol. The van der Waals surface area contributed by atoms with Crippen molar-refractivity contribution in [2.75, 3.05) is 0 Å². The Labute approximate surface area is 134 Å². The number of hydrogen-bond donors (Lipinski definition) is 1. The molecule has 3 heteroatoms. The number of nitrogens with one attached hydrogen (secondary N) is 1. The van der Waals surface area contributed by atoms with Crippen LogP contribution in [0.5, 0.6) is 0 Å². The van der Waals surface area contributed by atoms with Crippen LogP contribution in [-0.2, 0) is 0 Å². The topological polar surface area (TPSA) is 12.0 Å². The van der Waals surface area contributed by atoms with Gasteiger partial charge in [0, 0.05) is 5.54 Å². The molecule has 0 fully saturated rings. The predicted octanol–water partition coefficient (Wildman–Crippen LogP) is 3.49. The van der Waals surface area contributed by atoms with Crippen LogP contribution in [0.15, 0.2) is 48.5 Å². The number of rotatable bonds is 3. The molecule has 0 atom stereocenters. The first-order chi connectivity index (χ1) is 9.71. The van der Waals surface area contributed by atoms with Crippen LogP contribution in [0, 0.1) is 13.8 Å². The second-order valence-corrected chi connectivity index (χ2v) is 11.2. The van der Waals surface area contributed by atoms with Gasteiger partial charge in [0.1, 0.15) is 0 Å². The van der Waals surface area contributed by atoms with Crippen LogP contribution < -0.4 is 15.4 Å². The third kappa shape index (κ3) is 3.97. The van der Waals surface area contributed by atoms with Crippen molar-refractivity contribution in [3.05, 3.63) is 59.7 Å². The zero-order valence-electron chi connectivity index (χ0n) is 13.5. The second kappa shape index (κ2) is 5.96. The Morgan fingerprint density at radius 1 is 0.857 bits per heavy atom. The van der Waals surface area contributed by atoms with E-state index in [0.29, 0.717) is 0 Å². The monoisotopic (exact) mass is 317 g/mol. The number of halogens is 1. The van der Waals surface area contributed by atoms with E-state index in [1.807, 2.05) is 0 Å².